The van der Waals surface area contributed by atoms with E-state index in [-0.39, 0.29) is 19.1 Å². The summed E-state index contributed by atoms with van der Waals surface area (Å²) in [5.74, 6) is -0.701. The van der Waals surface area contributed by atoms with Crippen molar-refractivity contribution in [2.45, 2.75) is 38.1 Å². The number of rotatable bonds is 6. The molecule has 1 fully saturated rings. The zero-order valence-electron chi connectivity index (χ0n) is 12.0. The Balaban J connectivity index is 2.32. The van der Waals surface area contributed by atoms with Crippen LogP contribution in [0.15, 0.2) is 0 Å². The zero-order chi connectivity index (χ0) is 16.0. The Morgan fingerprint density at radius 1 is 1.52 bits per heavy atom. The number of hydrogen-bond acceptors (Lipinski definition) is 3. The summed E-state index contributed by atoms with van der Waals surface area (Å²) in [6.45, 7) is 0.907. The second-order valence-corrected chi connectivity index (χ2v) is 4.95. The third-order valence-corrected chi connectivity index (χ3v) is 3.21. The van der Waals surface area contributed by atoms with Crippen molar-refractivity contribution in [3.05, 3.63) is 0 Å². The summed E-state index contributed by atoms with van der Waals surface area (Å²) in [5.41, 5.74) is 0. The highest BCUT2D eigenvalue weighted by molar-refractivity contribution is 5.88. The van der Waals surface area contributed by atoms with E-state index in [9.17, 15) is 22.8 Å². The summed E-state index contributed by atoms with van der Waals surface area (Å²) < 4.78 is 41.7. The summed E-state index contributed by atoms with van der Waals surface area (Å²) in [6, 6.07) is -1.46. The Kier molecular flexibility index (Phi) is 6.25. The molecule has 0 spiro atoms. The van der Waals surface area contributed by atoms with Gasteiger partial charge in [0, 0.05) is 20.2 Å². The fourth-order valence-electron chi connectivity index (χ4n) is 1.96. The van der Waals surface area contributed by atoms with Gasteiger partial charge in [-0.05, 0) is 19.8 Å². The molecule has 2 N–H and O–H groups in total. The van der Waals surface area contributed by atoms with Crippen LogP contribution in [0.5, 0.6) is 0 Å². The predicted octanol–water partition coefficient (Wildman–Crippen LogP) is 0.874. The van der Waals surface area contributed by atoms with Crippen LogP contribution in [0.1, 0.15) is 19.8 Å². The highest BCUT2D eigenvalue weighted by atomic mass is 19.4. The summed E-state index contributed by atoms with van der Waals surface area (Å²) in [7, 11) is 1.55. The molecular weight excluding hydrogens is 291 g/mol. The molecule has 0 radical (unpaired) electrons. The van der Waals surface area contributed by atoms with E-state index in [0.29, 0.717) is 17.9 Å². The van der Waals surface area contributed by atoms with Crippen molar-refractivity contribution >= 4 is 11.9 Å². The van der Waals surface area contributed by atoms with Crippen LogP contribution >= 0.6 is 0 Å². The van der Waals surface area contributed by atoms with Crippen molar-refractivity contribution in [1.82, 2.24) is 15.5 Å². The van der Waals surface area contributed by atoms with E-state index in [1.807, 2.05) is 6.92 Å². The third-order valence-electron chi connectivity index (χ3n) is 3.21. The number of amides is 3. The number of halogens is 3. The minimum Gasteiger partial charge on any atom is -0.382 e. The Morgan fingerprint density at radius 3 is 2.76 bits per heavy atom. The van der Waals surface area contributed by atoms with Gasteiger partial charge < -0.3 is 20.3 Å². The average Bonchev–Trinajstić information content (AvgIpc) is 2.69. The second kappa shape index (κ2) is 7.48. The van der Waals surface area contributed by atoms with Gasteiger partial charge in [0.05, 0.1) is 6.10 Å². The normalized spacial score (nSPS) is 20.5. The molecule has 0 aromatic rings. The lowest BCUT2D eigenvalue weighted by Gasteiger charge is -2.19. The van der Waals surface area contributed by atoms with E-state index in [0.717, 1.165) is 0 Å². The SMILES string of the molecule is COC(C)CCNC(=O)NC1CCN(CC(F)(F)F)C1=O. The van der Waals surface area contributed by atoms with Crippen molar-refractivity contribution in [2.24, 2.45) is 0 Å². The summed E-state index contributed by atoms with van der Waals surface area (Å²) in [6.07, 6.45) is -3.66. The largest absolute Gasteiger partial charge is 0.406 e. The molecule has 0 aliphatic carbocycles. The number of methoxy groups -OCH3 is 1. The topological polar surface area (TPSA) is 70.7 Å². The quantitative estimate of drug-likeness (QED) is 0.765. The molecule has 0 bridgehead atoms. The minimum absolute atomic E-state index is 0.00992. The fourth-order valence-corrected chi connectivity index (χ4v) is 1.96. The molecule has 0 saturated carbocycles. The molecule has 1 saturated heterocycles. The van der Waals surface area contributed by atoms with Gasteiger partial charge in [-0.2, -0.15) is 13.2 Å². The molecule has 9 heteroatoms. The Hall–Kier alpha value is -1.51. The van der Waals surface area contributed by atoms with Gasteiger partial charge in [-0.25, -0.2) is 4.79 Å². The summed E-state index contributed by atoms with van der Waals surface area (Å²) >= 11 is 0. The molecule has 1 heterocycles. The summed E-state index contributed by atoms with van der Waals surface area (Å²) in [4.78, 5) is 24.0. The van der Waals surface area contributed by atoms with Crippen molar-refractivity contribution in [2.75, 3.05) is 26.7 Å². The first-order valence-corrected chi connectivity index (χ1v) is 6.65. The lowest BCUT2D eigenvalue weighted by atomic mass is 10.2. The number of nitrogens with one attached hydrogen (secondary N) is 2. The molecule has 0 aromatic carbocycles. The Labute approximate surface area is 121 Å². The van der Waals surface area contributed by atoms with Gasteiger partial charge in [-0.15, -0.1) is 0 Å². The van der Waals surface area contributed by atoms with Crippen LogP contribution in [0.4, 0.5) is 18.0 Å². The maximum atomic E-state index is 12.2. The van der Waals surface area contributed by atoms with Crippen LogP contribution in [0.25, 0.3) is 0 Å². The highest BCUT2D eigenvalue weighted by Crippen LogP contribution is 2.20. The smallest absolute Gasteiger partial charge is 0.382 e. The molecular formula is C12H20F3N3O3. The van der Waals surface area contributed by atoms with Crippen LogP contribution in [-0.2, 0) is 9.53 Å². The van der Waals surface area contributed by atoms with Gasteiger partial charge in [0.1, 0.15) is 12.6 Å². The highest BCUT2D eigenvalue weighted by Gasteiger charge is 2.39. The standard InChI is InChI=1S/C12H20F3N3O3/c1-8(21-2)3-5-16-11(20)17-9-4-6-18(10(9)19)7-12(13,14)15/h8-9H,3-7H2,1-2H3,(H2,16,17,20). The van der Waals surface area contributed by atoms with Gasteiger partial charge in [0.25, 0.3) is 0 Å². The van der Waals surface area contributed by atoms with Gasteiger partial charge >= 0.3 is 12.2 Å². The van der Waals surface area contributed by atoms with E-state index >= 15 is 0 Å². The van der Waals surface area contributed by atoms with Gasteiger partial charge in [0.15, 0.2) is 0 Å². The van der Waals surface area contributed by atoms with E-state index in [1.54, 1.807) is 7.11 Å². The van der Waals surface area contributed by atoms with E-state index in [2.05, 4.69) is 10.6 Å². The molecule has 2 unspecified atom stereocenters. The molecule has 0 aromatic heterocycles. The van der Waals surface area contributed by atoms with Gasteiger partial charge in [-0.1, -0.05) is 0 Å². The van der Waals surface area contributed by atoms with Gasteiger partial charge in [0.2, 0.25) is 5.91 Å². The number of urea groups is 1. The van der Waals surface area contributed by atoms with Crippen LogP contribution in [0.2, 0.25) is 0 Å². The fraction of sp³-hybridized carbons (Fsp3) is 0.833. The molecule has 1 aliphatic heterocycles. The minimum atomic E-state index is -4.43. The molecule has 1 aliphatic rings. The molecule has 1 rings (SSSR count). The second-order valence-electron chi connectivity index (χ2n) is 4.95. The van der Waals surface area contributed by atoms with Crippen LogP contribution in [-0.4, -0.2) is 61.9 Å². The first-order valence-electron chi connectivity index (χ1n) is 6.65. The summed E-state index contributed by atoms with van der Waals surface area (Å²) in [5, 5.41) is 4.92. The predicted molar refractivity (Wildman–Crippen MR) is 68.7 cm³/mol. The molecule has 2 atom stereocenters. The van der Waals surface area contributed by atoms with E-state index < -0.39 is 30.7 Å². The maximum Gasteiger partial charge on any atom is 0.406 e. The zero-order valence-corrected chi connectivity index (χ0v) is 12.0. The number of carbonyl (C=O) groups excluding carboxylic acids is 2. The average molecular weight is 311 g/mol. The lowest BCUT2D eigenvalue weighted by Crippen LogP contribution is -2.47. The van der Waals surface area contributed by atoms with Crippen molar-refractivity contribution in [3.63, 3.8) is 0 Å². The third kappa shape index (κ3) is 6.19. The Bertz CT molecular complexity index is 376. The number of ether oxygens (including phenoxy) is 1. The first kappa shape index (κ1) is 17.5. The number of likely N-dealkylation sites (tertiary alicyclic amines) is 1. The lowest BCUT2D eigenvalue weighted by molar-refractivity contribution is -0.157. The van der Waals surface area contributed by atoms with Crippen molar-refractivity contribution in [1.29, 1.82) is 0 Å². The number of carbonyl (C=O) groups is 2. The van der Waals surface area contributed by atoms with E-state index in [1.165, 1.54) is 0 Å². The van der Waals surface area contributed by atoms with Crippen molar-refractivity contribution in [3.8, 4) is 0 Å². The monoisotopic (exact) mass is 311 g/mol. The van der Waals surface area contributed by atoms with Crippen LogP contribution in [0.3, 0.4) is 0 Å². The molecule has 21 heavy (non-hydrogen) atoms. The van der Waals surface area contributed by atoms with Crippen molar-refractivity contribution < 1.29 is 27.5 Å². The first-order chi connectivity index (χ1) is 9.73. The maximum absolute atomic E-state index is 12.2. The van der Waals surface area contributed by atoms with E-state index in [4.69, 9.17) is 4.74 Å². The molecule has 122 valence electrons. The van der Waals surface area contributed by atoms with Gasteiger partial charge in [-0.3, -0.25) is 4.79 Å². The number of alkyl halides is 3. The number of hydrogen-bond donors (Lipinski definition) is 2. The molecule has 3 amide bonds. The van der Waals surface area contributed by atoms with Crippen LogP contribution in [0, 0.1) is 0 Å². The Morgan fingerprint density at radius 2 is 2.19 bits per heavy atom. The van der Waals surface area contributed by atoms with Crippen LogP contribution < -0.4 is 10.6 Å². The number of nitrogens with zero attached hydrogens (tertiary/aromatic N) is 1. The molecule has 6 nitrogen and oxygen atoms in total.